The highest BCUT2D eigenvalue weighted by Gasteiger charge is 2.29. The molecule has 17 rings (SSSR count). The maximum absolute atomic E-state index is 6.76. The molecule has 0 aliphatic heterocycles. The van der Waals surface area contributed by atoms with Crippen molar-refractivity contribution in [3.63, 3.8) is 0 Å². The third-order valence-electron chi connectivity index (χ3n) is 16.1. The largest absolute Gasteiger partial charge is 0.454 e. The molecule has 0 saturated heterocycles. The molecule has 17 aromatic rings. The van der Waals surface area contributed by atoms with E-state index in [9.17, 15) is 0 Å². The van der Waals surface area contributed by atoms with E-state index >= 15 is 0 Å². The van der Waals surface area contributed by atoms with Crippen molar-refractivity contribution in [2.24, 2.45) is 0 Å². The van der Waals surface area contributed by atoms with Crippen molar-refractivity contribution in [2.45, 2.75) is 13.8 Å². The summed E-state index contributed by atoms with van der Waals surface area (Å²) in [5.41, 5.74) is 19.5. The molecule has 11 aromatic carbocycles. The summed E-state index contributed by atoms with van der Waals surface area (Å²) in [4.78, 5) is 4.80. The van der Waals surface area contributed by atoms with E-state index in [4.69, 9.17) is 8.83 Å². The zero-order valence-electron chi connectivity index (χ0n) is 40.4. The van der Waals surface area contributed by atoms with Gasteiger partial charge in [0.05, 0.1) is 55.8 Å². The molecule has 74 heavy (non-hydrogen) atoms. The number of hydrogen-bond acceptors (Lipinski definition) is 4. The van der Waals surface area contributed by atoms with Crippen LogP contribution in [0.4, 0.5) is 34.1 Å². The molecule has 0 atom stereocenters. The molecule has 0 N–H and O–H groups in total. The van der Waals surface area contributed by atoms with Crippen molar-refractivity contribution in [1.82, 2.24) is 8.80 Å². The summed E-state index contributed by atoms with van der Waals surface area (Å²) in [7, 11) is 0. The third kappa shape index (κ3) is 5.18. The molecular weight excluding hydrogens is 905 g/mol. The minimum Gasteiger partial charge on any atom is -0.454 e. The zero-order chi connectivity index (χ0) is 48.5. The van der Waals surface area contributed by atoms with E-state index in [-0.39, 0.29) is 0 Å². The molecule has 0 saturated carbocycles. The van der Waals surface area contributed by atoms with Crippen LogP contribution >= 0.6 is 0 Å². The lowest BCUT2D eigenvalue weighted by Gasteiger charge is -2.26. The summed E-state index contributed by atoms with van der Waals surface area (Å²) in [5, 5.41) is 14.2. The SMILES string of the molecule is Cc1ccc(N(c2cccc3c2oc2ccccc23)c2cccc3c2c2cccc4c5cc6c(cc5n3c42)c2cccc3c4c(N(c5ccc(C)cc5)c5cccc7c5oc5ccccc57)cccc4n6c23)cc1. The predicted octanol–water partition coefficient (Wildman–Crippen LogP) is 19.3. The van der Waals surface area contributed by atoms with Crippen molar-refractivity contribution in [3.05, 3.63) is 230 Å². The van der Waals surface area contributed by atoms with Gasteiger partial charge in [0.15, 0.2) is 11.2 Å². The third-order valence-corrected chi connectivity index (χ3v) is 16.1. The Bertz CT molecular complexity index is 4840. The van der Waals surface area contributed by atoms with E-state index in [1.165, 1.54) is 87.3 Å². The van der Waals surface area contributed by atoms with E-state index in [0.717, 1.165) is 78.0 Å². The summed E-state index contributed by atoms with van der Waals surface area (Å²) < 4.78 is 18.6. The minimum absolute atomic E-state index is 0.868. The van der Waals surface area contributed by atoms with Crippen LogP contribution in [0.1, 0.15) is 11.1 Å². The molecule has 0 fully saturated rings. The molecule has 0 aliphatic carbocycles. The van der Waals surface area contributed by atoms with Gasteiger partial charge < -0.3 is 27.4 Å². The van der Waals surface area contributed by atoms with Gasteiger partial charge in [0.2, 0.25) is 0 Å². The average molecular weight is 947 g/mol. The van der Waals surface area contributed by atoms with E-state index in [1.54, 1.807) is 0 Å². The van der Waals surface area contributed by atoms with Gasteiger partial charge in [0.1, 0.15) is 11.2 Å². The average Bonchev–Trinajstić information content (AvgIpc) is 4.33. The van der Waals surface area contributed by atoms with Gasteiger partial charge in [-0.2, -0.15) is 0 Å². The van der Waals surface area contributed by atoms with Crippen LogP contribution in [-0.4, -0.2) is 8.80 Å². The molecular formula is C68H42N4O2. The van der Waals surface area contributed by atoms with Crippen molar-refractivity contribution < 1.29 is 8.83 Å². The van der Waals surface area contributed by atoms with E-state index in [2.05, 4.69) is 239 Å². The molecule has 6 nitrogen and oxygen atoms in total. The van der Waals surface area contributed by atoms with Crippen LogP contribution in [0.15, 0.2) is 227 Å². The smallest absolute Gasteiger partial charge is 0.159 e. The Hall–Kier alpha value is -9.78. The van der Waals surface area contributed by atoms with Gasteiger partial charge in [-0.05, 0) is 98.8 Å². The number of anilines is 6. The fraction of sp³-hybridized carbons (Fsp3) is 0.0294. The summed E-state index contributed by atoms with van der Waals surface area (Å²) in [6.45, 7) is 4.29. The van der Waals surface area contributed by atoms with E-state index in [0.29, 0.717) is 0 Å². The molecule has 346 valence electrons. The van der Waals surface area contributed by atoms with Gasteiger partial charge in [-0.1, -0.05) is 145 Å². The normalized spacial score (nSPS) is 12.5. The van der Waals surface area contributed by atoms with Crippen LogP contribution in [-0.2, 0) is 0 Å². The highest BCUT2D eigenvalue weighted by atomic mass is 16.3. The number of fused-ring (bicyclic) bond motifs is 18. The number of para-hydroxylation sites is 6. The van der Waals surface area contributed by atoms with Crippen LogP contribution in [0, 0.1) is 13.8 Å². The van der Waals surface area contributed by atoms with Gasteiger partial charge in [-0.25, -0.2) is 0 Å². The molecule has 0 amide bonds. The van der Waals surface area contributed by atoms with Crippen molar-refractivity contribution in [2.75, 3.05) is 9.80 Å². The lowest BCUT2D eigenvalue weighted by Crippen LogP contribution is -2.10. The number of furan rings is 2. The van der Waals surface area contributed by atoms with Gasteiger partial charge in [0, 0.05) is 76.0 Å². The Morgan fingerprint density at radius 2 is 0.662 bits per heavy atom. The standard InChI is InChI=1S/C68H42N4O2/c1-39-29-33-41(34-30-39)69(57-25-9-17-47-43-13-3-5-27-61(43)73-67(47)57)53-21-11-23-55-63(53)49-19-7-15-45-51-38-60-52(37-59(51)71(55)65(45)49)46-16-8-20-50-64-54(22-12-24-56(64)72(60)66(46)50)70(42-35-31-40(2)32-36-42)58-26-10-18-48-44-14-4-6-28-62(44)74-68(48)58/h3-38H,1-2H3. The zero-order valence-corrected chi connectivity index (χ0v) is 40.4. The molecule has 6 heterocycles. The molecule has 0 bridgehead atoms. The fourth-order valence-electron chi connectivity index (χ4n) is 12.9. The number of nitrogens with zero attached hydrogens (tertiary/aromatic N) is 4. The number of benzene rings is 11. The van der Waals surface area contributed by atoms with Crippen LogP contribution < -0.4 is 9.80 Å². The lowest BCUT2D eigenvalue weighted by atomic mass is 10.0. The lowest BCUT2D eigenvalue weighted by molar-refractivity contribution is 0.669. The second kappa shape index (κ2) is 14.4. The van der Waals surface area contributed by atoms with Crippen LogP contribution in [0.3, 0.4) is 0 Å². The predicted molar refractivity (Wildman–Crippen MR) is 309 cm³/mol. The Morgan fingerprint density at radius 3 is 1.12 bits per heavy atom. The number of hydrogen-bond donors (Lipinski definition) is 0. The van der Waals surface area contributed by atoms with Crippen molar-refractivity contribution >= 4 is 154 Å². The first kappa shape index (κ1) is 39.9. The van der Waals surface area contributed by atoms with Crippen LogP contribution in [0.25, 0.3) is 120 Å². The van der Waals surface area contributed by atoms with Gasteiger partial charge >= 0.3 is 0 Å². The molecule has 0 spiro atoms. The van der Waals surface area contributed by atoms with Crippen molar-refractivity contribution in [1.29, 1.82) is 0 Å². The van der Waals surface area contributed by atoms with Gasteiger partial charge in [-0.3, -0.25) is 0 Å². The monoisotopic (exact) mass is 946 g/mol. The molecule has 0 unspecified atom stereocenters. The Labute approximate surface area is 423 Å². The number of aromatic nitrogens is 2. The van der Waals surface area contributed by atoms with Crippen LogP contribution in [0.2, 0.25) is 0 Å². The molecule has 0 radical (unpaired) electrons. The van der Waals surface area contributed by atoms with Gasteiger partial charge in [-0.15, -0.1) is 0 Å². The maximum Gasteiger partial charge on any atom is 0.159 e. The fourth-order valence-corrected chi connectivity index (χ4v) is 12.9. The minimum atomic E-state index is 0.868. The second-order valence-corrected chi connectivity index (χ2v) is 20.1. The van der Waals surface area contributed by atoms with E-state index < -0.39 is 0 Å². The number of rotatable bonds is 6. The Balaban J connectivity index is 0.919. The summed E-state index contributed by atoms with van der Waals surface area (Å²) in [5.74, 6) is 0. The summed E-state index contributed by atoms with van der Waals surface area (Å²) in [6, 6.07) is 79.7. The number of aryl methyl sites for hydroxylation is 2. The Morgan fingerprint density at radius 1 is 0.297 bits per heavy atom. The quantitative estimate of drug-likeness (QED) is 0.167. The topological polar surface area (TPSA) is 41.6 Å². The first-order valence-electron chi connectivity index (χ1n) is 25.4. The van der Waals surface area contributed by atoms with Gasteiger partial charge in [0.25, 0.3) is 0 Å². The maximum atomic E-state index is 6.76. The molecule has 0 aliphatic rings. The first-order chi connectivity index (χ1) is 36.6. The summed E-state index contributed by atoms with van der Waals surface area (Å²) in [6.07, 6.45) is 0. The van der Waals surface area contributed by atoms with Crippen molar-refractivity contribution in [3.8, 4) is 0 Å². The highest BCUT2D eigenvalue weighted by Crippen LogP contribution is 2.52. The van der Waals surface area contributed by atoms with E-state index in [1.807, 2.05) is 12.1 Å². The second-order valence-electron chi connectivity index (χ2n) is 20.1. The highest BCUT2D eigenvalue weighted by molar-refractivity contribution is 6.31. The molecule has 6 heteroatoms. The summed E-state index contributed by atoms with van der Waals surface area (Å²) >= 11 is 0. The first-order valence-corrected chi connectivity index (χ1v) is 25.4. The Kier molecular flexibility index (Phi) is 7.78. The molecule has 6 aromatic heterocycles. The van der Waals surface area contributed by atoms with Crippen LogP contribution in [0.5, 0.6) is 0 Å².